The van der Waals surface area contributed by atoms with Gasteiger partial charge >= 0.3 is 0 Å². The first-order valence-electron chi connectivity index (χ1n) is 9.62. The number of ether oxygens (including phenoxy) is 3. The monoisotopic (exact) mass is 486 g/mol. The van der Waals surface area contributed by atoms with Gasteiger partial charge in [-0.05, 0) is 33.6 Å². The van der Waals surface area contributed by atoms with Crippen LogP contribution in [-0.2, 0) is 14.2 Å². The highest BCUT2D eigenvalue weighted by Gasteiger charge is 2.21. The number of halogens is 1. The Bertz CT molecular complexity index is 351. The summed E-state index contributed by atoms with van der Waals surface area (Å²) in [6, 6.07) is 0. The first kappa shape index (κ1) is 25.8. The third-order valence-electron chi connectivity index (χ3n) is 3.93. The zero-order valence-corrected chi connectivity index (χ0v) is 19.3. The lowest BCUT2D eigenvalue weighted by atomic mass is 10.2. The molecule has 1 aliphatic heterocycles. The maximum atomic E-state index is 5.78. The summed E-state index contributed by atoms with van der Waals surface area (Å²) in [6.07, 6.45) is 2.69. The zero-order chi connectivity index (χ0) is 18.3. The van der Waals surface area contributed by atoms with Crippen molar-refractivity contribution in [2.75, 3.05) is 66.2 Å². The summed E-state index contributed by atoms with van der Waals surface area (Å²) < 4.78 is 16.2. The van der Waals surface area contributed by atoms with Gasteiger partial charge in [-0.15, -0.1) is 24.0 Å². The highest BCUT2D eigenvalue weighted by Crippen LogP contribution is 2.10. The molecule has 2 unspecified atom stereocenters. The predicted molar refractivity (Wildman–Crippen MR) is 118 cm³/mol. The van der Waals surface area contributed by atoms with Gasteiger partial charge < -0.3 is 24.8 Å². The number of nitrogens with one attached hydrogen (secondary N) is 2. The van der Waals surface area contributed by atoms with Gasteiger partial charge in [-0.25, -0.2) is 0 Å². The fourth-order valence-corrected chi connectivity index (χ4v) is 2.92. The summed E-state index contributed by atoms with van der Waals surface area (Å²) in [5, 5.41) is 6.70. The summed E-state index contributed by atoms with van der Waals surface area (Å²) in [5.41, 5.74) is 0. The second-order valence-corrected chi connectivity index (χ2v) is 6.52. The average molecular weight is 486 g/mol. The van der Waals surface area contributed by atoms with Crippen LogP contribution in [0.3, 0.4) is 0 Å². The van der Waals surface area contributed by atoms with E-state index in [0.717, 1.165) is 64.7 Å². The van der Waals surface area contributed by atoms with E-state index in [9.17, 15) is 0 Å². The van der Waals surface area contributed by atoms with Crippen molar-refractivity contribution in [3.05, 3.63) is 0 Å². The van der Waals surface area contributed by atoms with Crippen LogP contribution in [0, 0.1) is 0 Å². The second-order valence-electron chi connectivity index (χ2n) is 6.52. The van der Waals surface area contributed by atoms with Crippen molar-refractivity contribution < 1.29 is 14.2 Å². The van der Waals surface area contributed by atoms with Gasteiger partial charge in [-0.3, -0.25) is 9.89 Å². The van der Waals surface area contributed by atoms with Crippen molar-refractivity contribution in [1.29, 1.82) is 0 Å². The molecule has 8 heteroatoms. The van der Waals surface area contributed by atoms with Gasteiger partial charge in [-0.1, -0.05) is 0 Å². The van der Waals surface area contributed by atoms with E-state index >= 15 is 0 Å². The number of nitrogens with zero attached hydrogens (tertiary/aromatic N) is 2. The summed E-state index contributed by atoms with van der Waals surface area (Å²) in [5.74, 6) is 0.892. The minimum atomic E-state index is 0. The lowest BCUT2D eigenvalue weighted by Crippen LogP contribution is -2.46. The average Bonchev–Trinajstić information content (AvgIpc) is 2.57. The van der Waals surface area contributed by atoms with E-state index in [1.165, 1.54) is 0 Å². The van der Waals surface area contributed by atoms with Gasteiger partial charge in [-0.2, -0.15) is 0 Å². The lowest BCUT2D eigenvalue weighted by molar-refractivity contribution is -0.0679. The van der Waals surface area contributed by atoms with Crippen LogP contribution in [0.15, 0.2) is 4.99 Å². The molecule has 0 aliphatic carbocycles. The standard InChI is InChI=1S/C18H38N4O3.HI/c1-5-19-18(21-9-7-11-24-13-12-23-4)20-8-6-10-22-14-16(2)25-17(3)15-22;/h16-17H,5-15H2,1-4H3,(H2,19,20,21);1H. The number of hydrogen-bond acceptors (Lipinski definition) is 5. The molecule has 26 heavy (non-hydrogen) atoms. The normalized spacial score (nSPS) is 21.3. The third-order valence-corrected chi connectivity index (χ3v) is 3.93. The molecular weight excluding hydrogens is 447 g/mol. The van der Waals surface area contributed by atoms with E-state index in [1.54, 1.807) is 7.11 Å². The molecule has 1 saturated heterocycles. The van der Waals surface area contributed by atoms with Crippen molar-refractivity contribution in [3.63, 3.8) is 0 Å². The molecule has 2 atom stereocenters. The van der Waals surface area contributed by atoms with Crippen LogP contribution < -0.4 is 10.6 Å². The molecule has 7 nitrogen and oxygen atoms in total. The van der Waals surface area contributed by atoms with E-state index in [0.29, 0.717) is 25.4 Å². The molecule has 0 aromatic heterocycles. The van der Waals surface area contributed by atoms with E-state index in [-0.39, 0.29) is 24.0 Å². The molecule has 0 spiro atoms. The van der Waals surface area contributed by atoms with Crippen molar-refractivity contribution in [2.24, 2.45) is 4.99 Å². The number of morpholine rings is 1. The molecule has 1 aliphatic rings. The van der Waals surface area contributed by atoms with Crippen LogP contribution in [0.25, 0.3) is 0 Å². The lowest BCUT2D eigenvalue weighted by Gasteiger charge is -2.35. The summed E-state index contributed by atoms with van der Waals surface area (Å²) >= 11 is 0. The molecule has 0 aromatic carbocycles. The summed E-state index contributed by atoms with van der Waals surface area (Å²) in [7, 11) is 1.68. The van der Waals surface area contributed by atoms with Crippen LogP contribution in [0.2, 0.25) is 0 Å². The Morgan fingerprint density at radius 2 is 1.85 bits per heavy atom. The highest BCUT2D eigenvalue weighted by molar-refractivity contribution is 14.0. The Balaban J connectivity index is 0.00000625. The van der Waals surface area contributed by atoms with Crippen LogP contribution in [0.4, 0.5) is 0 Å². The molecule has 156 valence electrons. The number of hydrogen-bond donors (Lipinski definition) is 2. The molecule has 0 bridgehead atoms. The summed E-state index contributed by atoms with van der Waals surface area (Å²) in [4.78, 5) is 7.08. The predicted octanol–water partition coefficient (Wildman–Crippen LogP) is 1.71. The Hall–Kier alpha value is -0.160. The fraction of sp³-hybridized carbons (Fsp3) is 0.944. The van der Waals surface area contributed by atoms with Gasteiger partial charge in [0, 0.05) is 53.0 Å². The van der Waals surface area contributed by atoms with E-state index in [4.69, 9.17) is 14.2 Å². The quantitative estimate of drug-likeness (QED) is 0.190. The first-order chi connectivity index (χ1) is 12.2. The Labute approximate surface area is 176 Å². The molecule has 0 radical (unpaired) electrons. The third kappa shape index (κ3) is 13.1. The van der Waals surface area contributed by atoms with Crippen LogP contribution in [-0.4, -0.2) is 89.3 Å². The number of aliphatic imine (C=N–C) groups is 1. The largest absolute Gasteiger partial charge is 0.382 e. The van der Waals surface area contributed by atoms with E-state index in [1.807, 2.05) is 0 Å². The molecule has 0 saturated carbocycles. The molecular formula is C18H39IN4O3. The van der Waals surface area contributed by atoms with Gasteiger partial charge in [0.15, 0.2) is 5.96 Å². The number of guanidine groups is 1. The van der Waals surface area contributed by atoms with Gasteiger partial charge in [0.2, 0.25) is 0 Å². The number of methoxy groups -OCH3 is 1. The molecule has 0 amide bonds. The molecule has 1 heterocycles. The maximum Gasteiger partial charge on any atom is 0.191 e. The number of rotatable bonds is 12. The minimum absolute atomic E-state index is 0. The SMILES string of the molecule is CCNC(=NCCCOCCOC)NCCCN1CC(C)OC(C)C1.I. The molecule has 2 N–H and O–H groups in total. The zero-order valence-electron chi connectivity index (χ0n) is 17.0. The van der Waals surface area contributed by atoms with Crippen molar-refractivity contribution >= 4 is 29.9 Å². The summed E-state index contributed by atoms with van der Waals surface area (Å²) in [6.45, 7) is 14.1. The Kier molecular flexibility index (Phi) is 16.9. The molecule has 0 aromatic rings. The van der Waals surface area contributed by atoms with Crippen LogP contribution in [0.1, 0.15) is 33.6 Å². The van der Waals surface area contributed by atoms with Crippen molar-refractivity contribution in [1.82, 2.24) is 15.5 Å². The minimum Gasteiger partial charge on any atom is -0.382 e. The topological polar surface area (TPSA) is 67.4 Å². The first-order valence-corrected chi connectivity index (χ1v) is 9.62. The fourth-order valence-electron chi connectivity index (χ4n) is 2.92. The van der Waals surface area contributed by atoms with Gasteiger partial charge in [0.25, 0.3) is 0 Å². The van der Waals surface area contributed by atoms with Crippen molar-refractivity contribution in [2.45, 2.75) is 45.8 Å². The van der Waals surface area contributed by atoms with E-state index in [2.05, 4.69) is 41.3 Å². The molecule has 1 rings (SSSR count). The van der Waals surface area contributed by atoms with Gasteiger partial charge in [0.05, 0.1) is 25.4 Å². The molecule has 1 fully saturated rings. The van der Waals surface area contributed by atoms with Crippen LogP contribution >= 0.6 is 24.0 Å². The van der Waals surface area contributed by atoms with Crippen LogP contribution in [0.5, 0.6) is 0 Å². The van der Waals surface area contributed by atoms with E-state index < -0.39 is 0 Å². The Morgan fingerprint density at radius 1 is 1.12 bits per heavy atom. The highest BCUT2D eigenvalue weighted by atomic mass is 127. The maximum absolute atomic E-state index is 5.78. The smallest absolute Gasteiger partial charge is 0.191 e. The second kappa shape index (κ2) is 17.0. The van der Waals surface area contributed by atoms with Gasteiger partial charge in [0.1, 0.15) is 0 Å². The van der Waals surface area contributed by atoms with Crippen molar-refractivity contribution in [3.8, 4) is 0 Å². The Morgan fingerprint density at radius 3 is 2.50 bits per heavy atom.